The lowest BCUT2D eigenvalue weighted by atomic mass is 10.0. The van der Waals surface area contributed by atoms with Crippen molar-refractivity contribution in [1.82, 2.24) is 15.0 Å². The van der Waals surface area contributed by atoms with Crippen molar-refractivity contribution in [3.63, 3.8) is 0 Å². The van der Waals surface area contributed by atoms with Gasteiger partial charge in [0, 0.05) is 30.4 Å². The maximum atomic E-state index is 5.75. The Morgan fingerprint density at radius 1 is 1.13 bits per heavy atom. The lowest BCUT2D eigenvalue weighted by Crippen LogP contribution is -2.15. The second-order valence-electron chi connectivity index (χ2n) is 8.01. The van der Waals surface area contributed by atoms with Crippen LogP contribution in [0.5, 0.6) is 0 Å². The van der Waals surface area contributed by atoms with E-state index in [0.29, 0.717) is 19.3 Å². The highest BCUT2D eigenvalue weighted by atomic mass is 16.5. The van der Waals surface area contributed by atoms with Crippen LogP contribution >= 0.6 is 0 Å². The van der Waals surface area contributed by atoms with E-state index >= 15 is 0 Å². The summed E-state index contributed by atoms with van der Waals surface area (Å²) in [4.78, 5) is 11.6. The van der Waals surface area contributed by atoms with E-state index in [1.165, 1.54) is 36.6 Å². The molecular formula is C25H28N4O. The molecule has 5 heteroatoms. The number of nitrogens with zero attached hydrogens (tertiary/aromatic N) is 1. The Morgan fingerprint density at radius 2 is 1.97 bits per heavy atom. The lowest BCUT2D eigenvalue weighted by Gasteiger charge is -2.16. The van der Waals surface area contributed by atoms with Gasteiger partial charge < -0.3 is 20.0 Å². The zero-order valence-electron chi connectivity index (χ0n) is 17.4. The highest BCUT2D eigenvalue weighted by Gasteiger charge is 2.22. The molecule has 3 N–H and O–H groups in total. The molecule has 0 spiro atoms. The molecule has 0 radical (unpaired) electrons. The first-order valence-electron chi connectivity index (χ1n) is 10.9. The molecule has 1 fully saturated rings. The van der Waals surface area contributed by atoms with Gasteiger partial charge in [0.25, 0.3) is 0 Å². The lowest BCUT2D eigenvalue weighted by molar-refractivity contribution is 0.134. The molecule has 0 unspecified atom stereocenters. The summed E-state index contributed by atoms with van der Waals surface area (Å²) >= 11 is 0. The van der Waals surface area contributed by atoms with E-state index in [1.807, 2.05) is 25.4 Å². The summed E-state index contributed by atoms with van der Waals surface area (Å²) < 4.78 is 5.75. The fourth-order valence-electron chi connectivity index (χ4n) is 4.53. The summed E-state index contributed by atoms with van der Waals surface area (Å²) in [6, 6.07) is 15.5. The fraction of sp³-hybridized carbons (Fsp3) is 0.320. The van der Waals surface area contributed by atoms with Crippen LogP contribution in [-0.2, 0) is 11.3 Å². The van der Waals surface area contributed by atoms with E-state index in [2.05, 4.69) is 56.7 Å². The Hall–Kier alpha value is -3.05. The van der Waals surface area contributed by atoms with Gasteiger partial charge in [-0.1, -0.05) is 43.2 Å². The van der Waals surface area contributed by atoms with Crippen LogP contribution in [-0.4, -0.2) is 27.6 Å². The molecule has 0 aliphatic heterocycles. The number of benzene rings is 2. The highest BCUT2D eigenvalue weighted by molar-refractivity contribution is 6.07. The van der Waals surface area contributed by atoms with Gasteiger partial charge in [0.2, 0.25) is 0 Å². The molecular weight excluding hydrogens is 372 g/mol. The molecule has 1 saturated carbocycles. The number of hydrogen-bond acceptors (Lipinski definition) is 3. The van der Waals surface area contributed by atoms with Gasteiger partial charge in [-0.3, -0.25) is 0 Å². The third kappa shape index (κ3) is 3.61. The first-order chi connectivity index (χ1) is 14.8. The number of aromatic amines is 2. The minimum atomic E-state index is 0.533. The van der Waals surface area contributed by atoms with Crippen molar-refractivity contribution in [3.8, 4) is 22.6 Å². The van der Waals surface area contributed by atoms with Crippen molar-refractivity contribution in [2.75, 3.05) is 11.9 Å². The van der Waals surface area contributed by atoms with Crippen LogP contribution in [0.25, 0.3) is 33.5 Å². The monoisotopic (exact) mass is 400 g/mol. The number of fused-ring (bicyclic) bond motifs is 1. The van der Waals surface area contributed by atoms with Crippen molar-refractivity contribution in [3.05, 3.63) is 60.4 Å². The maximum absolute atomic E-state index is 5.75. The molecule has 1 aliphatic rings. The summed E-state index contributed by atoms with van der Waals surface area (Å²) in [5.74, 6) is 0.875. The summed E-state index contributed by atoms with van der Waals surface area (Å²) in [7, 11) is 0. The molecule has 5 nitrogen and oxygen atoms in total. The zero-order valence-corrected chi connectivity index (χ0v) is 17.4. The molecule has 0 atom stereocenters. The normalized spacial score (nSPS) is 14.6. The van der Waals surface area contributed by atoms with Crippen LogP contribution in [0.2, 0.25) is 0 Å². The van der Waals surface area contributed by atoms with Gasteiger partial charge in [0.1, 0.15) is 5.82 Å². The minimum Gasteiger partial charge on any atom is -0.381 e. The summed E-state index contributed by atoms with van der Waals surface area (Å²) in [6.45, 7) is 3.35. The third-order valence-electron chi connectivity index (χ3n) is 5.95. The fourth-order valence-corrected chi connectivity index (χ4v) is 4.53. The van der Waals surface area contributed by atoms with Crippen molar-refractivity contribution in [1.29, 1.82) is 0 Å². The van der Waals surface area contributed by atoms with Crippen molar-refractivity contribution >= 4 is 16.6 Å². The molecule has 2 aromatic heterocycles. The highest BCUT2D eigenvalue weighted by Crippen LogP contribution is 2.40. The van der Waals surface area contributed by atoms with Gasteiger partial charge in [0.15, 0.2) is 0 Å². The third-order valence-corrected chi connectivity index (χ3v) is 5.95. The number of imidazole rings is 1. The minimum absolute atomic E-state index is 0.533. The van der Waals surface area contributed by atoms with Gasteiger partial charge >= 0.3 is 0 Å². The Morgan fingerprint density at radius 3 is 2.70 bits per heavy atom. The number of nitrogens with one attached hydrogen (secondary N) is 3. The van der Waals surface area contributed by atoms with Gasteiger partial charge in [0.05, 0.1) is 29.1 Å². The summed E-state index contributed by atoms with van der Waals surface area (Å²) in [5, 5.41) is 4.99. The number of ether oxygens (including phenoxy) is 1. The van der Waals surface area contributed by atoms with E-state index < -0.39 is 0 Å². The van der Waals surface area contributed by atoms with E-state index in [4.69, 9.17) is 4.74 Å². The Balaban J connectivity index is 1.72. The second kappa shape index (κ2) is 8.36. The quantitative estimate of drug-likeness (QED) is 0.350. The van der Waals surface area contributed by atoms with Crippen molar-refractivity contribution in [2.24, 2.45) is 0 Å². The van der Waals surface area contributed by atoms with E-state index in [0.717, 1.165) is 33.8 Å². The Bertz CT molecular complexity index is 1110. The molecule has 154 valence electrons. The molecule has 30 heavy (non-hydrogen) atoms. The van der Waals surface area contributed by atoms with Crippen LogP contribution < -0.4 is 5.32 Å². The van der Waals surface area contributed by atoms with E-state index in [1.54, 1.807) is 0 Å². The molecule has 0 amide bonds. The SMILES string of the molecule is CCOCc1cc(NC2CCCC2)c2[nH]c(-c3ccccc3)c(-c3ncc[nH]3)c2c1. The average Bonchev–Trinajstić information content (AvgIpc) is 3.53. The van der Waals surface area contributed by atoms with E-state index in [9.17, 15) is 0 Å². The topological polar surface area (TPSA) is 65.7 Å². The molecule has 0 bridgehead atoms. The predicted octanol–water partition coefficient (Wildman–Crippen LogP) is 6.12. The zero-order chi connectivity index (χ0) is 20.3. The van der Waals surface area contributed by atoms with Crippen LogP contribution in [0.4, 0.5) is 5.69 Å². The van der Waals surface area contributed by atoms with Crippen LogP contribution in [0.15, 0.2) is 54.9 Å². The predicted molar refractivity (Wildman–Crippen MR) is 123 cm³/mol. The molecule has 2 aromatic carbocycles. The van der Waals surface area contributed by atoms with E-state index in [-0.39, 0.29) is 0 Å². The Labute approximate surface area is 176 Å². The molecule has 5 rings (SSSR count). The van der Waals surface area contributed by atoms with Crippen molar-refractivity contribution < 1.29 is 4.74 Å². The van der Waals surface area contributed by atoms with Gasteiger partial charge in [-0.25, -0.2) is 4.98 Å². The summed E-state index contributed by atoms with van der Waals surface area (Å²) in [5.41, 5.74) is 6.81. The Kier molecular flexibility index (Phi) is 5.28. The maximum Gasteiger partial charge on any atom is 0.140 e. The molecule has 1 aliphatic carbocycles. The second-order valence-corrected chi connectivity index (χ2v) is 8.01. The van der Waals surface area contributed by atoms with Crippen molar-refractivity contribution in [2.45, 2.75) is 45.3 Å². The summed E-state index contributed by atoms with van der Waals surface area (Å²) in [6.07, 6.45) is 8.76. The average molecular weight is 401 g/mol. The first-order valence-corrected chi connectivity index (χ1v) is 10.9. The van der Waals surface area contributed by atoms with Gasteiger partial charge in [-0.2, -0.15) is 0 Å². The largest absolute Gasteiger partial charge is 0.381 e. The number of hydrogen-bond donors (Lipinski definition) is 3. The number of H-pyrrole nitrogens is 2. The van der Waals surface area contributed by atoms with Gasteiger partial charge in [-0.05, 0) is 43.0 Å². The molecule has 4 aromatic rings. The molecule has 2 heterocycles. The number of rotatable bonds is 7. The number of anilines is 1. The smallest absolute Gasteiger partial charge is 0.140 e. The molecule has 0 saturated heterocycles. The van der Waals surface area contributed by atoms with Gasteiger partial charge in [-0.15, -0.1) is 0 Å². The first kappa shape index (κ1) is 18.9. The van der Waals surface area contributed by atoms with Crippen LogP contribution in [0.3, 0.4) is 0 Å². The number of aromatic nitrogens is 3. The van der Waals surface area contributed by atoms with Crippen LogP contribution in [0.1, 0.15) is 38.2 Å². The standard InChI is InChI=1S/C25H28N4O/c1-2-30-16-17-14-20-22(25-26-12-13-27-25)23(18-8-4-3-5-9-18)29-24(20)21(15-17)28-19-10-6-7-11-19/h3-5,8-9,12-15,19,28-29H,2,6-7,10-11,16H2,1H3,(H,26,27). The van der Waals surface area contributed by atoms with Crippen LogP contribution in [0, 0.1) is 0 Å².